The SMILES string of the molecule is CN=C(NCc1cccc(OC)c1)NCC(C)CN1CCOCC1.I. The summed E-state index contributed by atoms with van der Waals surface area (Å²) in [6, 6.07) is 8.05. The number of rotatable bonds is 7. The number of aliphatic imine (C=N–C) groups is 1. The lowest BCUT2D eigenvalue weighted by Crippen LogP contribution is -2.43. The predicted octanol–water partition coefficient (Wildman–Crippen LogP) is 1.95. The van der Waals surface area contributed by atoms with Crippen LogP contribution in [0.15, 0.2) is 29.3 Å². The van der Waals surface area contributed by atoms with Gasteiger partial charge in [-0.2, -0.15) is 0 Å². The second-order valence-electron chi connectivity index (χ2n) is 6.18. The zero-order valence-corrected chi connectivity index (χ0v) is 17.8. The van der Waals surface area contributed by atoms with E-state index < -0.39 is 0 Å². The van der Waals surface area contributed by atoms with E-state index in [1.54, 1.807) is 14.2 Å². The molecule has 2 N–H and O–H groups in total. The van der Waals surface area contributed by atoms with Gasteiger partial charge in [0.05, 0.1) is 20.3 Å². The molecule has 7 heteroatoms. The maximum Gasteiger partial charge on any atom is 0.191 e. The van der Waals surface area contributed by atoms with Crippen molar-refractivity contribution in [3.63, 3.8) is 0 Å². The molecule has 1 unspecified atom stereocenters. The van der Waals surface area contributed by atoms with Crippen molar-refractivity contribution in [3.8, 4) is 5.75 Å². The monoisotopic (exact) mass is 462 g/mol. The summed E-state index contributed by atoms with van der Waals surface area (Å²) in [7, 11) is 3.48. The first-order chi connectivity index (χ1) is 11.7. The molecular weight excluding hydrogens is 431 g/mol. The summed E-state index contributed by atoms with van der Waals surface area (Å²) in [6.07, 6.45) is 0. The van der Waals surface area contributed by atoms with Gasteiger partial charge in [-0.15, -0.1) is 24.0 Å². The van der Waals surface area contributed by atoms with Gasteiger partial charge in [-0.05, 0) is 23.6 Å². The average molecular weight is 462 g/mol. The second-order valence-corrected chi connectivity index (χ2v) is 6.18. The molecule has 1 aliphatic heterocycles. The second kappa shape index (κ2) is 12.3. The molecule has 1 aromatic rings. The minimum atomic E-state index is 0. The Kier molecular flexibility index (Phi) is 10.8. The van der Waals surface area contributed by atoms with Crippen LogP contribution in [0.1, 0.15) is 12.5 Å². The van der Waals surface area contributed by atoms with E-state index in [-0.39, 0.29) is 24.0 Å². The maximum atomic E-state index is 5.39. The van der Waals surface area contributed by atoms with E-state index in [9.17, 15) is 0 Å². The van der Waals surface area contributed by atoms with Gasteiger partial charge in [-0.1, -0.05) is 19.1 Å². The van der Waals surface area contributed by atoms with Crippen LogP contribution < -0.4 is 15.4 Å². The minimum Gasteiger partial charge on any atom is -0.497 e. The molecule has 0 spiro atoms. The summed E-state index contributed by atoms with van der Waals surface area (Å²) in [5, 5.41) is 6.75. The van der Waals surface area contributed by atoms with E-state index in [0.29, 0.717) is 12.5 Å². The van der Waals surface area contributed by atoms with Gasteiger partial charge < -0.3 is 20.1 Å². The molecular formula is C18H31IN4O2. The van der Waals surface area contributed by atoms with Crippen molar-refractivity contribution < 1.29 is 9.47 Å². The third-order valence-electron chi connectivity index (χ3n) is 4.11. The van der Waals surface area contributed by atoms with Gasteiger partial charge in [0.2, 0.25) is 0 Å². The number of morpholine rings is 1. The number of nitrogens with zero attached hydrogens (tertiary/aromatic N) is 2. The van der Waals surface area contributed by atoms with Crippen LogP contribution in [0.25, 0.3) is 0 Å². The highest BCUT2D eigenvalue weighted by atomic mass is 127. The first-order valence-electron chi connectivity index (χ1n) is 8.59. The highest BCUT2D eigenvalue weighted by Crippen LogP contribution is 2.12. The number of hydrogen-bond donors (Lipinski definition) is 2. The van der Waals surface area contributed by atoms with Crippen LogP contribution in [0.2, 0.25) is 0 Å². The molecule has 1 aliphatic rings. The summed E-state index contributed by atoms with van der Waals surface area (Å²) < 4.78 is 10.6. The Morgan fingerprint density at radius 1 is 1.32 bits per heavy atom. The van der Waals surface area contributed by atoms with Crippen molar-refractivity contribution in [2.45, 2.75) is 13.5 Å². The molecule has 0 aliphatic carbocycles. The van der Waals surface area contributed by atoms with Crippen LogP contribution >= 0.6 is 24.0 Å². The first-order valence-corrected chi connectivity index (χ1v) is 8.59. The van der Waals surface area contributed by atoms with E-state index in [1.807, 2.05) is 18.2 Å². The standard InChI is InChI=1S/C18H30N4O2.HI/c1-15(14-22-7-9-24-10-8-22)12-20-18(19-2)21-13-16-5-4-6-17(11-16)23-3;/h4-6,11,15H,7-10,12-14H2,1-3H3,(H2,19,20,21);1H. The Bertz CT molecular complexity index is 522. The molecule has 1 atom stereocenters. The number of ether oxygens (including phenoxy) is 2. The smallest absolute Gasteiger partial charge is 0.191 e. The molecule has 1 heterocycles. The van der Waals surface area contributed by atoms with Gasteiger partial charge in [0, 0.05) is 39.8 Å². The van der Waals surface area contributed by atoms with Crippen LogP contribution in [0.3, 0.4) is 0 Å². The van der Waals surface area contributed by atoms with E-state index in [4.69, 9.17) is 9.47 Å². The van der Waals surface area contributed by atoms with Gasteiger partial charge in [-0.3, -0.25) is 9.89 Å². The summed E-state index contributed by atoms with van der Waals surface area (Å²) in [5.74, 6) is 2.25. The van der Waals surface area contributed by atoms with E-state index in [0.717, 1.165) is 51.1 Å². The van der Waals surface area contributed by atoms with Crippen molar-refractivity contribution in [2.24, 2.45) is 10.9 Å². The molecule has 0 radical (unpaired) electrons. The molecule has 1 aromatic carbocycles. The third-order valence-corrected chi connectivity index (χ3v) is 4.11. The zero-order valence-electron chi connectivity index (χ0n) is 15.5. The van der Waals surface area contributed by atoms with Crippen LogP contribution in [0.5, 0.6) is 5.75 Å². The van der Waals surface area contributed by atoms with Crippen molar-refractivity contribution in [3.05, 3.63) is 29.8 Å². The van der Waals surface area contributed by atoms with Crippen LogP contribution in [0, 0.1) is 5.92 Å². The Morgan fingerprint density at radius 2 is 2.08 bits per heavy atom. The molecule has 6 nitrogen and oxygen atoms in total. The number of hydrogen-bond acceptors (Lipinski definition) is 4. The van der Waals surface area contributed by atoms with Crippen LogP contribution in [-0.4, -0.2) is 64.4 Å². The van der Waals surface area contributed by atoms with Crippen molar-refractivity contribution in [1.82, 2.24) is 15.5 Å². The van der Waals surface area contributed by atoms with Gasteiger partial charge in [0.15, 0.2) is 5.96 Å². The summed E-state index contributed by atoms with van der Waals surface area (Å²) in [4.78, 5) is 6.75. The van der Waals surface area contributed by atoms with Gasteiger partial charge in [-0.25, -0.2) is 0 Å². The quantitative estimate of drug-likeness (QED) is 0.369. The highest BCUT2D eigenvalue weighted by Gasteiger charge is 2.13. The first kappa shape index (κ1) is 22.0. The fourth-order valence-corrected chi connectivity index (χ4v) is 2.75. The summed E-state index contributed by atoms with van der Waals surface area (Å²) in [6.45, 7) is 8.74. The third kappa shape index (κ3) is 8.24. The van der Waals surface area contributed by atoms with E-state index in [1.165, 1.54) is 5.56 Å². The topological polar surface area (TPSA) is 58.1 Å². The molecule has 25 heavy (non-hydrogen) atoms. The van der Waals surface area contributed by atoms with E-state index >= 15 is 0 Å². The average Bonchev–Trinajstić information content (AvgIpc) is 2.63. The predicted molar refractivity (Wildman–Crippen MR) is 113 cm³/mol. The lowest BCUT2D eigenvalue weighted by atomic mass is 10.1. The van der Waals surface area contributed by atoms with Gasteiger partial charge in [0.1, 0.15) is 5.75 Å². The van der Waals surface area contributed by atoms with Crippen molar-refractivity contribution in [1.29, 1.82) is 0 Å². The van der Waals surface area contributed by atoms with E-state index in [2.05, 4.69) is 33.5 Å². The lowest BCUT2D eigenvalue weighted by molar-refractivity contribution is 0.0320. The molecule has 0 bridgehead atoms. The van der Waals surface area contributed by atoms with Crippen LogP contribution in [0.4, 0.5) is 0 Å². The minimum absolute atomic E-state index is 0. The number of halogens is 1. The summed E-state index contributed by atoms with van der Waals surface area (Å²) >= 11 is 0. The largest absolute Gasteiger partial charge is 0.497 e. The molecule has 142 valence electrons. The molecule has 0 saturated carbocycles. The normalized spacial score (nSPS) is 16.7. The molecule has 0 aromatic heterocycles. The Hall–Kier alpha value is -1.06. The fraction of sp³-hybridized carbons (Fsp3) is 0.611. The van der Waals surface area contributed by atoms with Crippen molar-refractivity contribution >= 4 is 29.9 Å². The number of guanidine groups is 1. The highest BCUT2D eigenvalue weighted by molar-refractivity contribution is 14.0. The lowest BCUT2D eigenvalue weighted by Gasteiger charge is -2.29. The van der Waals surface area contributed by atoms with Gasteiger partial charge in [0.25, 0.3) is 0 Å². The maximum absolute atomic E-state index is 5.39. The Morgan fingerprint density at radius 3 is 2.76 bits per heavy atom. The van der Waals surface area contributed by atoms with Gasteiger partial charge >= 0.3 is 0 Å². The summed E-state index contributed by atoms with van der Waals surface area (Å²) in [5.41, 5.74) is 1.17. The molecule has 0 amide bonds. The number of methoxy groups -OCH3 is 1. The molecule has 2 rings (SSSR count). The Labute approximate surface area is 168 Å². The fourth-order valence-electron chi connectivity index (χ4n) is 2.75. The van der Waals surface area contributed by atoms with Crippen molar-refractivity contribution in [2.75, 3.05) is 53.6 Å². The number of benzene rings is 1. The van der Waals surface area contributed by atoms with Crippen LogP contribution in [-0.2, 0) is 11.3 Å². The zero-order chi connectivity index (χ0) is 17.2. The molecule has 1 saturated heterocycles. The Balaban J connectivity index is 0.00000312. The molecule has 1 fully saturated rings. The number of nitrogens with one attached hydrogen (secondary N) is 2.